The van der Waals surface area contributed by atoms with Crippen LogP contribution in [-0.2, 0) is 16.6 Å². The molecule has 0 fully saturated rings. The summed E-state index contributed by atoms with van der Waals surface area (Å²) in [6.07, 6.45) is 0. The predicted molar refractivity (Wildman–Crippen MR) is 63.8 cm³/mol. The first kappa shape index (κ1) is 13.2. The summed E-state index contributed by atoms with van der Waals surface area (Å²) >= 11 is 0. The second-order valence-corrected chi connectivity index (χ2v) is 6.00. The molecule has 0 aliphatic carbocycles. The summed E-state index contributed by atoms with van der Waals surface area (Å²) in [7, 11) is -1.86. The fraction of sp³-hybridized carbons (Fsp3) is 0.700. The molecule has 0 saturated carbocycles. The number of hydrogen-bond acceptors (Lipinski definition) is 3. The van der Waals surface area contributed by atoms with E-state index in [0.29, 0.717) is 0 Å². The van der Waals surface area contributed by atoms with Gasteiger partial charge in [-0.05, 0) is 34.7 Å². The quantitative estimate of drug-likeness (QED) is 0.865. The summed E-state index contributed by atoms with van der Waals surface area (Å²) in [4.78, 5) is 0. The number of rotatable bonds is 4. The molecular formula is C10H19N3O2S. The lowest BCUT2D eigenvalue weighted by Gasteiger charge is -2.12. The normalized spacial score (nSPS) is 14.1. The number of aryl methyl sites for hydroxylation is 2. The average Bonchev–Trinajstić information content (AvgIpc) is 2.52. The molecule has 0 aliphatic rings. The highest BCUT2D eigenvalue weighted by atomic mass is 32.2. The Labute approximate surface area is 96.9 Å². The van der Waals surface area contributed by atoms with Gasteiger partial charge in [-0.3, -0.25) is 4.68 Å². The van der Waals surface area contributed by atoms with Crippen molar-refractivity contribution in [1.29, 1.82) is 0 Å². The molecule has 6 heteroatoms. The van der Waals surface area contributed by atoms with Gasteiger partial charge in [0.2, 0.25) is 10.0 Å². The van der Waals surface area contributed by atoms with E-state index in [2.05, 4.69) is 9.82 Å². The van der Waals surface area contributed by atoms with Gasteiger partial charge in [0.25, 0.3) is 0 Å². The van der Waals surface area contributed by atoms with Crippen molar-refractivity contribution in [1.82, 2.24) is 14.5 Å². The molecule has 0 saturated heterocycles. The van der Waals surface area contributed by atoms with E-state index in [-0.39, 0.29) is 0 Å². The van der Waals surface area contributed by atoms with Crippen molar-refractivity contribution < 1.29 is 8.42 Å². The topological polar surface area (TPSA) is 64.0 Å². The van der Waals surface area contributed by atoms with Crippen molar-refractivity contribution in [2.75, 3.05) is 7.05 Å². The molecule has 1 heterocycles. The van der Waals surface area contributed by atoms with Gasteiger partial charge in [-0.25, -0.2) is 13.1 Å². The van der Waals surface area contributed by atoms with Crippen molar-refractivity contribution in [2.24, 2.45) is 0 Å². The van der Waals surface area contributed by atoms with Gasteiger partial charge in [0.15, 0.2) is 0 Å². The van der Waals surface area contributed by atoms with Crippen molar-refractivity contribution in [2.45, 2.75) is 39.5 Å². The third-order valence-electron chi connectivity index (χ3n) is 2.89. The first-order chi connectivity index (χ1) is 7.35. The number of hydrogen-bond donors (Lipinski definition) is 1. The third-order valence-corrected chi connectivity index (χ3v) is 4.63. The molecule has 1 aromatic rings. The zero-order valence-electron chi connectivity index (χ0n) is 10.4. The molecule has 16 heavy (non-hydrogen) atoms. The van der Waals surface area contributed by atoms with Crippen LogP contribution in [0.15, 0.2) is 0 Å². The maximum absolute atomic E-state index is 11.8. The molecule has 1 rings (SSSR count). The molecule has 1 aromatic heterocycles. The third kappa shape index (κ3) is 2.12. The van der Waals surface area contributed by atoms with Gasteiger partial charge in [-0.15, -0.1) is 0 Å². The number of sulfonamides is 1. The lowest BCUT2D eigenvalue weighted by atomic mass is 10.1. The van der Waals surface area contributed by atoms with Gasteiger partial charge in [0.1, 0.15) is 5.25 Å². The highest BCUT2D eigenvalue weighted by Crippen LogP contribution is 2.26. The fourth-order valence-electron chi connectivity index (χ4n) is 1.94. The molecule has 0 amide bonds. The molecule has 5 nitrogen and oxygen atoms in total. The largest absolute Gasteiger partial charge is 0.270 e. The maximum Gasteiger partial charge on any atom is 0.218 e. The van der Waals surface area contributed by atoms with Crippen molar-refractivity contribution in [3.8, 4) is 0 Å². The van der Waals surface area contributed by atoms with Crippen LogP contribution in [0.5, 0.6) is 0 Å². The highest BCUT2D eigenvalue weighted by Gasteiger charge is 2.26. The van der Waals surface area contributed by atoms with Gasteiger partial charge in [-0.2, -0.15) is 5.10 Å². The maximum atomic E-state index is 11.8. The second-order valence-electron chi connectivity index (χ2n) is 3.79. The molecule has 92 valence electrons. The van der Waals surface area contributed by atoms with E-state index in [4.69, 9.17) is 0 Å². The van der Waals surface area contributed by atoms with Crippen LogP contribution < -0.4 is 4.72 Å². The Hall–Kier alpha value is -0.880. The predicted octanol–water partition coefficient (Wildman–Crippen LogP) is 1.13. The Morgan fingerprint density at radius 3 is 2.38 bits per heavy atom. The summed E-state index contributed by atoms with van der Waals surface area (Å²) in [5, 5.41) is 3.75. The second kappa shape index (κ2) is 4.55. The molecule has 1 N–H and O–H groups in total. The zero-order chi connectivity index (χ0) is 12.5. The lowest BCUT2D eigenvalue weighted by molar-refractivity contribution is 0.577. The Kier molecular flexibility index (Phi) is 3.75. The van der Waals surface area contributed by atoms with Crippen LogP contribution in [0, 0.1) is 13.8 Å². The molecule has 0 spiro atoms. The number of nitrogens with one attached hydrogen (secondary N) is 1. The van der Waals surface area contributed by atoms with Crippen molar-refractivity contribution >= 4 is 10.0 Å². The standard InChI is InChI=1S/C10H19N3O2S/c1-6-13-8(3)10(7(2)12-13)9(4)16(14,15)11-5/h9,11H,6H2,1-5H3. The number of aromatic nitrogens is 2. The summed E-state index contributed by atoms with van der Waals surface area (Å²) in [6.45, 7) is 8.17. The van der Waals surface area contributed by atoms with Crippen molar-refractivity contribution in [3.05, 3.63) is 17.0 Å². The Morgan fingerprint density at radius 1 is 1.44 bits per heavy atom. The Balaban J connectivity index is 3.29. The van der Waals surface area contributed by atoms with E-state index in [9.17, 15) is 8.42 Å². The monoisotopic (exact) mass is 245 g/mol. The molecule has 0 bridgehead atoms. The van der Waals surface area contributed by atoms with Gasteiger partial charge in [0, 0.05) is 17.8 Å². The highest BCUT2D eigenvalue weighted by molar-refractivity contribution is 7.89. The smallest absolute Gasteiger partial charge is 0.218 e. The van der Waals surface area contributed by atoms with Gasteiger partial charge in [0.05, 0.1) is 5.69 Å². The van der Waals surface area contributed by atoms with Crippen LogP contribution in [0.25, 0.3) is 0 Å². The minimum Gasteiger partial charge on any atom is -0.270 e. The molecule has 0 radical (unpaired) electrons. The fourth-order valence-corrected chi connectivity index (χ4v) is 2.94. The molecule has 1 atom stereocenters. The SMILES string of the molecule is CCn1nc(C)c(C(C)S(=O)(=O)NC)c1C. The molecule has 1 unspecified atom stereocenters. The van der Waals surface area contributed by atoms with Crippen LogP contribution in [0.2, 0.25) is 0 Å². The van der Waals surface area contributed by atoms with E-state index in [0.717, 1.165) is 23.5 Å². The van der Waals surface area contributed by atoms with Gasteiger partial charge in [-0.1, -0.05) is 0 Å². The van der Waals surface area contributed by atoms with Crippen molar-refractivity contribution in [3.63, 3.8) is 0 Å². The lowest BCUT2D eigenvalue weighted by Crippen LogP contribution is -2.24. The van der Waals surface area contributed by atoms with Crippen LogP contribution in [-0.4, -0.2) is 25.2 Å². The number of nitrogens with zero attached hydrogens (tertiary/aromatic N) is 2. The van der Waals surface area contributed by atoms with Crippen LogP contribution in [0.4, 0.5) is 0 Å². The summed E-state index contributed by atoms with van der Waals surface area (Å²) in [6, 6.07) is 0. The first-order valence-electron chi connectivity index (χ1n) is 5.31. The minimum atomic E-state index is -3.29. The van der Waals surface area contributed by atoms with Crippen LogP contribution >= 0.6 is 0 Å². The zero-order valence-corrected chi connectivity index (χ0v) is 11.2. The minimum absolute atomic E-state index is 0.571. The summed E-state index contributed by atoms with van der Waals surface area (Å²) in [5.74, 6) is 0. The summed E-state index contributed by atoms with van der Waals surface area (Å²) < 4.78 is 27.7. The van der Waals surface area contributed by atoms with Gasteiger partial charge >= 0.3 is 0 Å². The van der Waals surface area contributed by atoms with E-state index >= 15 is 0 Å². The summed E-state index contributed by atoms with van der Waals surface area (Å²) in [5.41, 5.74) is 2.51. The first-order valence-corrected chi connectivity index (χ1v) is 6.86. The van der Waals surface area contributed by atoms with Gasteiger partial charge < -0.3 is 0 Å². The van der Waals surface area contributed by atoms with Crippen LogP contribution in [0.3, 0.4) is 0 Å². The van der Waals surface area contributed by atoms with E-state index in [1.807, 2.05) is 25.5 Å². The van der Waals surface area contributed by atoms with Crippen LogP contribution in [0.1, 0.15) is 36.0 Å². The van der Waals surface area contributed by atoms with E-state index in [1.54, 1.807) is 6.92 Å². The van der Waals surface area contributed by atoms with E-state index in [1.165, 1.54) is 7.05 Å². The van der Waals surface area contributed by atoms with E-state index < -0.39 is 15.3 Å². The average molecular weight is 245 g/mol. The Morgan fingerprint density at radius 2 is 2.00 bits per heavy atom. The Bertz CT molecular complexity index is 476. The molecular weight excluding hydrogens is 226 g/mol. The molecule has 0 aromatic carbocycles. The molecule has 0 aliphatic heterocycles.